The summed E-state index contributed by atoms with van der Waals surface area (Å²) in [7, 11) is 0. The largest absolute Gasteiger partial charge is 0.332 e. The van der Waals surface area contributed by atoms with Gasteiger partial charge in [-0.2, -0.15) is 0 Å². The number of pyridine rings is 1. The van der Waals surface area contributed by atoms with E-state index in [4.69, 9.17) is 47.0 Å². The number of amides is 1. The second-order valence-corrected chi connectivity index (χ2v) is 10.6. The van der Waals surface area contributed by atoms with Crippen molar-refractivity contribution in [2.45, 2.75) is 29.2 Å². The van der Waals surface area contributed by atoms with E-state index in [1.54, 1.807) is 11.1 Å². The Balaban J connectivity index is 1.53. The smallest absolute Gasteiger partial charge is 0.228 e. The van der Waals surface area contributed by atoms with E-state index in [9.17, 15) is 4.79 Å². The minimum absolute atomic E-state index is 0.207. The molecule has 0 radical (unpaired) electrons. The topological polar surface area (TPSA) is 48.5 Å². The van der Waals surface area contributed by atoms with Crippen molar-refractivity contribution in [3.63, 3.8) is 0 Å². The first-order chi connectivity index (χ1) is 15.8. The number of aryl methyl sites for hydroxylation is 1. The number of carbonyl (C=O) groups excluding carboxylic acids is 1. The van der Waals surface area contributed by atoms with Gasteiger partial charge < -0.3 is 15.1 Å². The van der Waals surface area contributed by atoms with Crippen LogP contribution in [0, 0.1) is 0 Å². The lowest BCUT2D eigenvalue weighted by molar-refractivity contribution is -0.122. The van der Waals surface area contributed by atoms with Gasteiger partial charge in [-0.1, -0.05) is 83.3 Å². The molecule has 2 aromatic carbocycles. The number of benzene rings is 2. The van der Waals surface area contributed by atoms with Crippen LogP contribution in [0.3, 0.4) is 0 Å². The standard InChI is InChI=1S/C24H23Cl3N4OS/c25-24(26,27)22(29-20(32)13-12-17-7-2-1-3-8-17)31-16-6-15-30(23(31)33)19-11-4-9-18-10-5-14-28-21(18)19/h1-5,7-11,14,22H,6,12-13,15-16H2,(H,29,32). The summed E-state index contributed by atoms with van der Waals surface area (Å²) < 4.78 is -1.77. The molecule has 1 aliphatic rings. The Morgan fingerprint density at radius 2 is 1.82 bits per heavy atom. The number of para-hydroxylation sites is 1. The Bertz CT molecular complexity index is 1130. The van der Waals surface area contributed by atoms with Gasteiger partial charge in [0.25, 0.3) is 0 Å². The van der Waals surface area contributed by atoms with E-state index in [1.165, 1.54) is 0 Å². The number of nitrogens with one attached hydrogen (secondary N) is 1. The highest BCUT2D eigenvalue weighted by atomic mass is 35.6. The Labute approximate surface area is 213 Å². The van der Waals surface area contributed by atoms with Crippen molar-refractivity contribution in [1.29, 1.82) is 0 Å². The molecule has 0 spiro atoms. The number of carbonyl (C=O) groups is 1. The number of nitrogens with zero attached hydrogens (tertiary/aromatic N) is 3. The predicted octanol–water partition coefficient (Wildman–Crippen LogP) is 5.48. The van der Waals surface area contributed by atoms with E-state index in [2.05, 4.69) is 10.3 Å². The van der Waals surface area contributed by atoms with Gasteiger partial charge in [-0.25, -0.2) is 0 Å². The molecule has 2 heterocycles. The zero-order valence-corrected chi connectivity index (χ0v) is 20.8. The molecule has 1 aliphatic heterocycles. The monoisotopic (exact) mass is 520 g/mol. The molecule has 33 heavy (non-hydrogen) atoms. The van der Waals surface area contributed by atoms with E-state index >= 15 is 0 Å². The van der Waals surface area contributed by atoms with Gasteiger partial charge in [0.2, 0.25) is 9.70 Å². The van der Waals surface area contributed by atoms with Crippen LogP contribution < -0.4 is 10.2 Å². The van der Waals surface area contributed by atoms with Crippen molar-refractivity contribution in [2.24, 2.45) is 0 Å². The summed E-state index contributed by atoms with van der Waals surface area (Å²) in [6.07, 6.45) is 2.51. The number of alkyl halides is 3. The molecule has 4 rings (SSSR count). The summed E-state index contributed by atoms with van der Waals surface area (Å²) in [5.74, 6) is -0.207. The summed E-state index contributed by atoms with van der Waals surface area (Å²) in [5, 5.41) is 4.40. The first-order valence-corrected chi connectivity index (χ1v) is 12.2. The fourth-order valence-corrected chi connectivity index (χ4v) is 4.88. The second kappa shape index (κ2) is 10.4. The molecule has 1 amide bonds. The predicted molar refractivity (Wildman–Crippen MR) is 140 cm³/mol. The highest BCUT2D eigenvalue weighted by Gasteiger charge is 2.42. The van der Waals surface area contributed by atoms with Crippen LogP contribution in [0.2, 0.25) is 0 Å². The average molecular weight is 522 g/mol. The van der Waals surface area contributed by atoms with Gasteiger partial charge >= 0.3 is 0 Å². The van der Waals surface area contributed by atoms with Gasteiger partial charge in [-0.05, 0) is 42.8 Å². The summed E-state index contributed by atoms with van der Waals surface area (Å²) in [6, 6.07) is 19.7. The molecule has 0 saturated carbocycles. The highest BCUT2D eigenvalue weighted by Crippen LogP contribution is 2.35. The van der Waals surface area contributed by atoms with Crippen LogP contribution in [0.5, 0.6) is 0 Å². The van der Waals surface area contributed by atoms with Crippen LogP contribution in [0.25, 0.3) is 10.9 Å². The quantitative estimate of drug-likeness (QED) is 0.344. The van der Waals surface area contributed by atoms with Gasteiger partial charge in [-0.15, -0.1) is 0 Å². The number of fused-ring (bicyclic) bond motifs is 1. The van der Waals surface area contributed by atoms with Crippen LogP contribution in [0.15, 0.2) is 66.9 Å². The van der Waals surface area contributed by atoms with Gasteiger partial charge in [0.1, 0.15) is 0 Å². The molecule has 172 valence electrons. The van der Waals surface area contributed by atoms with E-state index in [0.29, 0.717) is 24.6 Å². The van der Waals surface area contributed by atoms with Crippen molar-refractivity contribution >= 4 is 74.6 Å². The van der Waals surface area contributed by atoms with E-state index < -0.39 is 9.96 Å². The maximum atomic E-state index is 12.8. The van der Waals surface area contributed by atoms with Crippen molar-refractivity contribution in [1.82, 2.24) is 15.2 Å². The zero-order valence-electron chi connectivity index (χ0n) is 17.8. The Hall–Kier alpha value is -2.12. The number of halogens is 3. The second-order valence-electron chi connectivity index (χ2n) is 7.83. The Kier molecular flexibility index (Phi) is 7.59. The fraction of sp³-hybridized carbons (Fsp3) is 0.292. The molecule has 0 aliphatic carbocycles. The van der Waals surface area contributed by atoms with Gasteiger partial charge in [0.15, 0.2) is 11.3 Å². The third-order valence-electron chi connectivity index (χ3n) is 5.56. The van der Waals surface area contributed by atoms with Gasteiger partial charge in [0.05, 0.1) is 11.2 Å². The molecule has 5 nitrogen and oxygen atoms in total. The number of hydrogen-bond donors (Lipinski definition) is 1. The highest BCUT2D eigenvalue weighted by molar-refractivity contribution is 7.80. The first-order valence-electron chi connectivity index (χ1n) is 10.7. The molecule has 3 aromatic rings. The maximum Gasteiger partial charge on any atom is 0.228 e. The van der Waals surface area contributed by atoms with Crippen LogP contribution in [0.4, 0.5) is 5.69 Å². The maximum absolute atomic E-state index is 12.8. The number of thiocarbonyl (C=S) groups is 1. The van der Waals surface area contributed by atoms with Gasteiger partial charge in [0, 0.05) is 31.1 Å². The van der Waals surface area contributed by atoms with Crippen LogP contribution in [-0.2, 0) is 11.2 Å². The number of aromatic nitrogens is 1. The molecule has 1 saturated heterocycles. The molecule has 1 atom stereocenters. The molecular formula is C24H23Cl3N4OS. The molecule has 0 bridgehead atoms. The number of rotatable bonds is 6. The molecular weight excluding hydrogens is 499 g/mol. The van der Waals surface area contributed by atoms with Crippen molar-refractivity contribution < 1.29 is 4.79 Å². The Morgan fingerprint density at radius 1 is 1.06 bits per heavy atom. The SMILES string of the molecule is O=C(CCc1ccccc1)NC(N1CCCN(c2cccc3cccnc23)C1=S)C(Cl)(Cl)Cl. The fourth-order valence-electron chi connectivity index (χ4n) is 3.98. The summed E-state index contributed by atoms with van der Waals surface area (Å²) in [4.78, 5) is 21.1. The summed E-state index contributed by atoms with van der Waals surface area (Å²) in [6.45, 7) is 1.27. The molecule has 1 N–H and O–H groups in total. The van der Waals surface area contributed by atoms with E-state index in [0.717, 1.165) is 28.6 Å². The van der Waals surface area contributed by atoms with Crippen molar-refractivity contribution in [3.8, 4) is 0 Å². The molecule has 1 fully saturated rings. The molecule has 1 unspecified atom stereocenters. The summed E-state index contributed by atoms with van der Waals surface area (Å²) >= 11 is 24.8. The normalized spacial score (nSPS) is 15.5. The van der Waals surface area contributed by atoms with Crippen LogP contribution in [-0.4, -0.2) is 44.0 Å². The van der Waals surface area contributed by atoms with Gasteiger partial charge in [-0.3, -0.25) is 9.78 Å². The Morgan fingerprint density at radius 3 is 2.58 bits per heavy atom. The lowest BCUT2D eigenvalue weighted by atomic mass is 10.1. The summed E-state index contributed by atoms with van der Waals surface area (Å²) in [5.41, 5.74) is 2.81. The van der Waals surface area contributed by atoms with E-state index in [1.807, 2.05) is 65.6 Å². The molecule has 1 aromatic heterocycles. The van der Waals surface area contributed by atoms with Crippen molar-refractivity contribution in [3.05, 3.63) is 72.4 Å². The molecule has 9 heteroatoms. The van der Waals surface area contributed by atoms with Crippen molar-refractivity contribution in [2.75, 3.05) is 18.0 Å². The lowest BCUT2D eigenvalue weighted by Crippen LogP contribution is -2.62. The lowest BCUT2D eigenvalue weighted by Gasteiger charge is -2.44. The van der Waals surface area contributed by atoms with Crippen LogP contribution >= 0.6 is 47.0 Å². The number of hydrogen-bond acceptors (Lipinski definition) is 3. The minimum atomic E-state index is -1.77. The first kappa shape index (κ1) is 24.0. The zero-order chi connectivity index (χ0) is 23.4. The third kappa shape index (κ3) is 5.69. The average Bonchev–Trinajstić information content (AvgIpc) is 2.81. The van der Waals surface area contributed by atoms with E-state index in [-0.39, 0.29) is 12.3 Å². The van der Waals surface area contributed by atoms with Crippen LogP contribution in [0.1, 0.15) is 18.4 Å². The minimum Gasteiger partial charge on any atom is -0.332 e. The third-order valence-corrected chi connectivity index (χ3v) is 6.64. The number of anilines is 1.